The number of aromatic amines is 1. The summed E-state index contributed by atoms with van der Waals surface area (Å²) in [5.41, 5.74) is 1.40. The number of rotatable bonds is 6. The van der Waals surface area contributed by atoms with Crippen LogP contribution in [0.15, 0.2) is 47.5 Å². The molecule has 1 heterocycles. The molecule has 1 aromatic carbocycles. The molecule has 102 valence electrons. The van der Waals surface area contributed by atoms with Crippen molar-refractivity contribution in [2.75, 3.05) is 11.3 Å². The maximum Gasteiger partial charge on any atom is 0.263 e. The first-order valence-electron chi connectivity index (χ1n) is 6.07. The molecule has 2 aromatic rings. The van der Waals surface area contributed by atoms with Crippen molar-refractivity contribution in [2.45, 2.75) is 18.4 Å². The van der Waals surface area contributed by atoms with Crippen LogP contribution < -0.4 is 10.0 Å². The predicted molar refractivity (Wildman–Crippen MR) is 75.4 cm³/mol. The zero-order chi connectivity index (χ0) is 13.7. The molecule has 0 spiro atoms. The first-order valence-corrected chi connectivity index (χ1v) is 7.56. The molecule has 3 N–H and O–H groups in total. The lowest BCUT2D eigenvalue weighted by atomic mass is 10.3. The van der Waals surface area contributed by atoms with Crippen molar-refractivity contribution in [3.05, 3.63) is 48.3 Å². The number of anilines is 1. The lowest BCUT2D eigenvalue weighted by Crippen LogP contribution is -2.13. The van der Waals surface area contributed by atoms with Crippen molar-refractivity contribution in [3.63, 3.8) is 0 Å². The number of nitrogens with one attached hydrogen (secondary N) is 3. The van der Waals surface area contributed by atoms with Gasteiger partial charge in [0.05, 0.1) is 0 Å². The van der Waals surface area contributed by atoms with Crippen molar-refractivity contribution in [1.29, 1.82) is 0 Å². The van der Waals surface area contributed by atoms with E-state index >= 15 is 0 Å². The molecule has 1 aromatic heterocycles. The van der Waals surface area contributed by atoms with Crippen LogP contribution in [-0.4, -0.2) is 19.9 Å². The number of hydrogen-bond acceptors (Lipinski definition) is 3. The van der Waals surface area contributed by atoms with Gasteiger partial charge in [-0.25, -0.2) is 8.42 Å². The highest BCUT2D eigenvalue weighted by Gasteiger charge is 2.15. The van der Waals surface area contributed by atoms with Crippen LogP contribution in [0.25, 0.3) is 0 Å². The monoisotopic (exact) mass is 279 g/mol. The molecule has 0 amide bonds. The molecular formula is C13H17N3O2S. The summed E-state index contributed by atoms with van der Waals surface area (Å²) in [6.45, 7) is 3.46. The summed E-state index contributed by atoms with van der Waals surface area (Å²) in [4.78, 5) is 3.19. The first kappa shape index (κ1) is 13.6. The van der Waals surface area contributed by atoms with Crippen molar-refractivity contribution in [3.8, 4) is 0 Å². The molecule has 6 heteroatoms. The van der Waals surface area contributed by atoms with E-state index in [1.54, 1.807) is 30.3 Å². The summed E-state index contributed by atoms with van der Waals surface area (Å²) < 4.78 is 26.8. The average Bonchev–Trinajstić information content (AvgIpc) is 2.86. The first-order chi connectivity index (χ1) is 9.12. The number of benzene rings is 1. The summed E-state index contributed by atoms with van der Waals surface area (Å²) in [6, 6.07) is 10.5. The fraction of sp³-hybridized carbons (Fsp3) is 0.231. The Morgan fingerprint density at radius 3 is 2.63 bits per heavy atom. The van der Waals surface area contributed by atoms with Crippen LogP contribution in [0.2, 0.25) is 0 Å². The van der Waals surface area contributed by atoms with Gasteiger partial charge in [-0.1, -0.05) is 25.1 Å². The third-order valence-electron chi connectivity index (χ3n) is 2.62. The Bertz CT molecular complexity index is 620. The summed E-state index contributed by atoms with van der Waals surface area (Å²) >= 11 is 0. The molecule has 19 heavy (non-hydrogen) atoms. The number of para-hydroxylation sites is 1. The molecule has 0 unspecified atom stereocenters. The maximum absolute atomic E-state index is 12.1. The molecule has 0 bridgehead atoms. The van der Waals surface area contributed by atoms with Crippen LogP contribution in [0.3, 0.4) is 0 Å². The summed E-state index contributed by atoms with van der Waals surface area (Å²) in [5.74, 6) is 0. The van der Waals surface area contributed by atoms with E-state index in [0.717, 1.165) is 12.2 Å². The fourth-order valence-electron chi connectivity index (χ4n) is 1.66. The Labute approximate surface area is 113 Å². The zero-order valence-corrected chi connectivity index (χ0v) is 11.5. The van der Waals surface area contributed by atoms with E-state index in [1.807, 2.05) is 13.0 Å². The molecule has 0 aliphatic rings. The second-order valence-corrected chi connectivity index (χ2v) is 5.79. The largest absolute Gasteiger partial charge is 0.363 e. The van der Waals surface area contributed by atoms with E-state index in [-0.39, 0.29) is 4.90 Å². The second kappa shape index (κ2) is 5.90. The van der Waals surface area contributed by atoms with Gasteiger partial charge in [0, 0.05) is 24.1 Å². The van der Waals surface area contributed by atoms with Crippen LogP contribution >= 0.6 is 0 Å². The minimum Gasteiger partial charge on any atom is -0.363 e. The van der Waals surface area contributed by atoms with E-state index in [1.165, 1.54) is 6.20 Å². The average molecular weight is 279 g/mol. The zero-order valence-electron chi connectivity index (χ0n) is 10.7. The van der Waals surface area contributed by atoms with E-state index in [4.69, 9.17) is 0 Å². The minimum atomic E-state index is -3.53. The van der Waals surface area contributed by atoms with Gasteiger partial charge in [0.1, 0.15) is 4.90 Å². The maximum atomic E-state index is 12.1. The summed E-state index contributed by atoms with van der Waals surface area (Å²) in [6.07, 6.45) is 1.50. The van der Waals surface area contributed by atoms with Gasteiger partial charge in [-0.15, -0.1) is 0 Å². The number of H-pyrrole nitrogens is 1. The Morgan fingerprint density at radius 1 is 1.21 bits per heavy atom. The van der Waals surface area contributed by atoms with E-state index < -0.39 is 10.0 Å². The number of aromatic nitrogens is 1. The van der Waals surface area contributed by atoms with Gasteiger partial charge in [0.2, 0.25) is 0 Å². The molecule has 5 nitrogen and oxygen atoms in total. The fourth-order valence-corrected chi connectivity index (χ4v) is 2.73. The highest BCUT2D eigenvalue weighted by molar-refractivity contribution is 7.92. The second-order valence-electron chi connectivity index (χ2n) is 4.11. The van der Waals surface area contributed by atoms with Gasteiger partial charge in [0.25, 0.3) is 10.0 Å². The van der Waals surface area contributed by atoms with Gasteiger partial charge < -0.3 is 10.3 Å². The quantitative estimate of drug-likeness (QED) is 0.756. The van der Waals surface area contributed by atoms with Gasteiger partial charge >= 0.3 is 0 Å². The molecule has 2 rings (SSSR count). The van der Waals surface area contributed by atoms with Crippen LogP contribution in [0, 0.1) is 0 Å². The van der Waals surface area contributed by atoms with Crippen LogP contribution in [0.4, 0.5) is 5.69 Å². The molecule has 0 saturated carbocycles. The molecule has 0 aliphatic heterocycles. The Balaban J connectivity index is 2.13. The smallest absolute Gasteiger partial charge is 0.263 e. The SMILES string of the molecule is CCNCc1cc(S(=O)(=O)Nc2ccccc2)c[nH]1. The minimum absolute atomic E-state index is 0.240. The van der Waals surface area contributed by atoms with E-state index in [0.29, 0.717) is 12.2 Å². The highest BCUT2D eigenvalue weighted by atomic mass is 32.2. The predicted octanol–water partition coefficient (Wildman–Crippen LogP) is 1.92. The molecule has 0 fully saturated rings. The van der Waals surface area contributed by atoms with E-state index in [2.05, 4.69) is 15.0 Å². The highest BCUT2D eigenvalue weighted by Crippen LogP contribution is 2.16. The Morgan fingerprint density at radius 2 is 1.95 bits per heavy atom. The molecular weight excluding hydrogens is 262 g/mol. The number of sulfonamides is 1. The van der Waals surface area contributed by atoms with E-state index in [9.17, 15) is 8.42 Å². The van der Waals surface area contributed by atoms with Crippen molar-refractivity contribution >= 4 is 15.7 Å². The Hall–Kier alpha value is -1.79. The molecule has 0 atom stereocenters. The molecule has 0 saturated heterocycles. The lowest BCUT2D eigenvalue weighted by molar-refractivity contribution is 0.601. The summed E-state index contributed by atoms with van der Waals surface area (Å²) in [7, 11) is -3.53. The summed E-state index contributed by atoms with van der Waals surface area (Å²) in [5, 5.41) is 3.13. The normalized spacial score (nSPS) is 11.4. The van der Waals surface area contributed by atoms with Gasteiger partial charge in [0.15, 0.2) is 0 Å². The van der Waals surface area contributed by atoms with Crippen LogP contribution in [0.1, 0.15) is 12.6 Å². The standard InChI is InChI=1S/C13H17N3O2S/c1-2-14-9-12-8-13(10-15-12)19(17,18)16-11-6-4-3-5-7-11/h3-8,10,14-16H,2,9H2,1H3. The third-order valence-corrected chi connectivity index (χ3v) is 3.98. The van der Waals surface area contributed by atoms with Crippen LogP contribution in [0.5, 0.6) is 0 Å². The van der Waals surface area contributed by atoms with Crippen molar-refractivity contribution in [2.24, 2.45) is 0 Å². The Kier molecular flexibility index (Phi) is 4.24. The van der Waals surface area contributed by atoms with Crippen LogP contribution in [-0.2, 0) is 16.6 Å². The number of hydrogen-bond donors (Lipinski definition) is 3. The van der Waals surface area contributed by atoms with Crippen molar-refractivity contribution in [1.82, 2.24) is 10.3 Å². The van der Waals surface area contributed by atoms with Crippen molar-refractivity contribution < 1.29 is 8.42 Å². The topological polar surface area (TPSA) is 74.0 Å². The third kappa shape index (κ3) is 3.59. The van der Waals surface area contributed by atoms with Gasteiger partial charge in [-0.3, -0.25) is 4.72 Å². The van der Waals surface area contributed by atoms with Gasteiger partial charge in [-0.05, 0) is 24.7 Å². The molecule has 0 radical (unpaired) electrons. The van der Waals surface area contributed by atoms with Gasteiger partial charge in [-0.2, -0.15) is 0 Å². The molecule has 0 aliphatic carbocycles. The lowest BCUT2D eigenvalue weighted by Gasteiger charge is -2.05.